The van der Waals surface area contributed by atoms with Gasteiger partial charge in [0.1, 0.15) is 0 Å². The Bertz CT molecular complexity index is 988. The minimum absolute atomic E-state index is 0.317. The van der Waals surface area contributed by atoms with E-state index >= 15 is 0 Å². The first-order valence-corrected chi connectivity index (χ1v) is 8.02. The van der Waals surface area contributed by atoms with E-state index < -0.39 is 0 Å². The molecule has 5 nitrogen and oxygen atoms in total. The van der Waals surface area contributed by atoms with Crippen LogP contribution in [0.3, 0.4) is 0 Å². The molecule has 0 unspecified atom stereocenters. The third kappa shape index (κ3) is 2.51. The number of hydrogen-bond donors (Lipinski definition) is 2. The highest BCUT2D eigenvalue weighted by Gasteiger charge is 2.22. The number of rotatable bonds is 1. The van der Waals surface area contributed by atoms with Crippen LogP contribution in [0.5, 0.6) is 0 Å². The van der Waals surface area contributed by atoms with Crippen LogP contribution >= 0.6 is 0 Å². The lowest BCUT2D eigenvalue weighted by Crippen LogP contribution is -2.10. The second kappa shape index (κ2) is 5.66. The van der Waals surface area contributed by atoms with Crippen molar-refractivity contribution in [3.63, 3.8) is 0 Å². The lowest BCUT2D eigenvalue weighted by Gasteiger charge is -2.15. The number of aromatic nitrogens is 3. The van der Waals surface area contributed by atoms with Crippen molar-refractivity contribution < 1.29 is 0 Å². The summed E-state index contributed by atoms with van der Waals surface area (Å²) in [5, 5.41) is 1.15. The Morgan fingerprint density at radius 3 is 3.00 bits per heavy atom. The fourth-order valence-corrected chi connectivity index (χ4v) is 3.16. The molecule has 1 aliphatic carbocycles. The van der Waals surface area contributed by atoms with Gasteiger partial charge in [0.25, 0.3) is 0 Å². The van der Waals surface area contributed by atoms with E-state index in [1.807, 2.05) is 20.3 Å². The molecule has 5 heteroatoms. The fourth-order valence-electron chi connectivity index (χ4n) is 3.16. The van der Waals surface area contributed by atoms with E-state index in [1.54, 1.807) is 0 Å². The number of fused-ring (bicyclic) bond motifs is 5. The van der Waals surface area contributed by atoms with E-state index in [0.29, 0.717) is 5.95 Å². The highest BCUT2D eigenvalue weighted by molar-refractivity contribution is 5.98. The zero-order chi connectivity index (χ0) is 16.7. The SMILES string of the molecule is CN(C)CC#Cc1ccc2[nH]c3c(c2c1)-c1nc(N)ncc1CC3. The molecule has 4 rings (SSSR count). The molecule has 0 bridgehead atoms. The molecule has 0 amide bonds. The molecule has 120 valence electrons. The van der Waals surface area contributed by atoms with Gasteiger partial charge in [-0.05, 0) is 50.7 Å². The van der Waals surface area contributed by atoms with Crippen LogP contribution in [0.4, 0.5) is 5.95 Å². The molecule has 0 aliphatic heterocycles. The summed E-state index contributed by atoms with van der Waals surface area (Å²) in [6.45, 7) is 0.746. The van der Waals surface area contributed by atoms with Gasteiger partial charge in [-0.1, -0.05) is 11.8 Å². The van der Waals surface area contributed by atoms with Crippen molar-refractivity contribution in [2.45, 2.75) is 12.8 Å². The summed E-state index contributed by atoms with van der Waals surface area (Å²) >= 11 is 0. The Labute approximate surface area is 140 Å². The Morgan fingerprint density at radius 2 is 2.17 bits per heavy atom. The molecule has 24 heavy (non-hydrogen) atoms. The summed E-state index contributed by atoms with van der Waals surface area (Å²) in [6.07, 6.45) is 3.75. The highest BCUT2D eigenvalue weighted by atomic mass is 15.0. The maximum absolute atomic E-state index is 5.82. The Balaban J connectivity index is 1.86. The van der Waals surface area contributed by atoms with Gasteiger partial charge in [-0.25, -0.2) is 9.97 Å². The fraction of sp³-hybridized carbons (Fsp3) is 0.263. The maximum atomic E-state index is 5.82. The third-order valence-electron chi connectivity index (χ3n) is 4.27. The van der Waals surface area contributed by atoms with Gasteiger partial charge < -0.3 is 10.7 Å². The Morgan fingerprint density at radius 1 is 1.29 bits per heavy atom. The average molecular weight is 317 g/mol. The van der Waals surface area contributed by atoms with Gasteiger partial charge in [0.2, 0.25) is 5.95 Å². The summed E-state index contributed by atoms with van der Waals surface area (Å²) in [7, 11) is 4.03. The van der Waals surface area contributed by atoms with E-state index in [4.69, 9.17) is 5.73 Å². The molecule has 0 saturated carbocycles. The van der Waals surface area contributed by atoms with Gasteiger partial charge >= 0.3 is 0 Å². The van der Waals surface area contributed by atoms with Crippen LogP contribution in [-0.4, -0.2) is 40.5 Å². The molecular weight excluding hydrogens is 298 g/mol. The second-order valence-corrected chi connectivity index (χ2v) is 6.38. The summed E-state index contributed by atoms with van der Waals surface area (Å²) in [6, 6.07) is 6.29. The van der Waals surface area contributed by atoms with Crippen molar-refractivity contribution in [1.82, 2.24) is 19.9 Å². The van der Waals surface area contributed by atoms with Crippen molar-refractivity contribution in [3.8, 4) is 23.1 Å². The number of hydrogen-bond acceptors (Lipinski definition) is 4. The van der Waals surface area contributed by atoms with Crippen molar-refractivity contribution in [2.24, 2.45) is 0 Å². The molecule has 3 N–H and O–H groups in total. The summed E-state index contributed by atoms with van der Waals surface area (Å²) in [5.74, 6) is 6.74. The normalized spacial score (nSPS) is 12.6. The predicted octanol–water partition coefficient (Wildman–Crippen LogP) is 2.22. The number of nitrogens with two attached hydrogens (primary N) is 1. The predicted molar refractivity (Wildman–Crippen MR) is 96.6 cm³/mol. The first-order valence-electron chi connectivity index (χ1n) is 8.02. The highest BCUT2D eigenvalue weighted by Crippen LogP contribution is 2.38. The zero-order valence-corrected chi connectivity index (χ0v) is 13.8. The zero-order valence-electron chi connectivity index (χ0n) is 13.8. The van der Waals surface area contributed by atoms with Crippen LogP contribution in [0.15, 0.2) is 24.4 Å². The van der Waals surface area contributed by atoms with Crippen LogP contribution in [0.1, 0.15) is 16.8 Å². The van der Waals surface area contributed by atoms with Crippen molar-refractivity contribution >= 4 is 16.9 Å². The number of H-pyrrole nitrogens is 1. The quantitative estimate of drug-likeness (QED) is 0.675. The molecule has 0 saturated heterocycles. The number of nitrogen functional groups attached to an aromatic ring is 1. The molecule has 0 fully saturated rings. The van der Waals surface area contributed by atoms with Gasteiger partial charge in [0, 0.05) is 33.9 Å². The van der Waals surface area contributed by atoms with E-state index in [0.717, 1.165) is 52.7 Å². The summed E-state index contributed by atoms with van der Waals surface area (Å²) < 4.78 is 0. The van der Waals surface area contributed by atoms with Crippen molar-refractivity contribution in [3.05, 3.63) is 41.2 Å². The molecule has 0 spiro atoms. The summed E-state index contributed by atoms with van der Waals surface area (Å²) in [4.78, 5) is 14.2. The smallest absolute Gasteiger partial charge is 0.220 e. The van der Waals surface area contributed by atoms with Crippen molar-refractivity contribution in [2.75, 3.05) is 26.4 Å². The lowest BCUT2D eigenvalue weighted by atomic mass is 9.93. The maximum Gasteiger partial charge on any atom is 0.220 e. The van der Waals surface area contributed by atoms with Gasteiger partial charge in [0.05, 0.1) is 12.2 Å². The topological polar surface area (TPSA) is 70.8 Å². The number of nitrogens with zero attached hydrogens (tertiary/aromatic N) is 3. The number of aryl methyl sites for hydroxylation is 2. The first-order chi connectivity index (χ1) is 11.6. The summed E-state index contributed by atoms with van der Waals surface area (Å²) in [5.41, 5.74) is 12.4. The standard InChI is InChI=1S/C19H19N5/c1-24(2)9-3-4-12-5-7-15-14(10-12)17-16(22-15)8-6-13-11-21-19(20)23-18(13)17/h5,7,10-11,22H,6,8-9H2,1-2H3,(H2,20,21,23). The van der Waals surface area contributed by atoms with Gasteiger partial charge in [-0.15, -0.1) is 0 Å². The van der Waals surface area contributed by atoms with Crippen LogP contribution in [-0.2, 0) is 12.8 Å². The number of nitrogens with one attached hydrogen (secondary N) is 1. The largest absolute Gasteiger partial charge is 0.368 e. The van der Waals surface area contributed by atoms with E-state index in [9.17, 15) is 0 Å². The number of benzene rings is 1. The molecule has 3 aromatic rings. The van der Waals surface area contributed by atoms with Gasteiger partial charge in [-0.2, -0.15) is 0 Å². The minimum atomic E-state index is 0.317. The van der Waals surface area contributed by atoms with E-state index in [2.05, 4.69) is 49.9 Å². The molecule has 1 aromatic carbocycles. The Kier molecular flexibility index (Phi) is 3.47. The molecule has 2 aromatic heterocycles. The lowest BCUT2D eigenvalue weighted by molar-refractivity contribution is 0.464. The molecular formula is C19H19N5. The van der Waals surface area contributed by atoms with Gasteiger partial charge in [0.15, 0.2) is 0 Å². The van der Waals surface area contributed by atoms with Crippen molar-refractivity contribution in [1.29, 1.82) is 0 Å². The molecule has 2 heterocycles. The monoisotopic (exact) mass is 317 g/mol. The van der Waals surface area contributed by atoms with Crippen LogP contribution in [0.25, 0.3) is 22.2 Å². The Hall–Kier alpha value is -2.84. The van der Waals surface area contributed by atoms with Crippen LogP contribution < -0.4 is 5.73 Å². The average Bonchev–Trinajstić information content (AvgIpc) is 2.92. The molecule has 1 aliphatic rings. The molecule has 0 atom stereocenters. The number of anilines is 1. The first kappa shape index (κ1) is 14.7. The van der Waals surface area contributed by atoms with E-state index in [1.165, 1.54) is 5.69 Å². The molecule has 0 radical (unpaired) electrons. The van der Waals surface area contributed by atoms with Gasteiger partial charge in [-0.3, -0.25) is 4.90 Å². The second-order valence-electron chi connectivity index (χ2n) is 6.38. The van der Waals surface area contributed by atoms with E-state index in [-0.39, 0.29) is 0 Å². The van der Waals surface area contributed by atoms with Crippen LogP contribution in [0, 0.1) is 11.8 Å². The number of aromatic amines is 1. The third-order valence-corrected chi connectivity index (χ3v) is 4.27. The minimum Gasteiger partial charge on any atom is -0.368 e. The van der Waals surface area contributed by atoms with Crippen LogP contribution in [0.2, 0.25) is 0 Å².